The zero-order valence-corrected chi connectivity index (χ0v) is 34.0. The first-order valence-electron chi connectivity index (χ1n) is 19.2. The van der Waals surface area contributed by atoms with E-state index in [0.29, 0.717) is 0 Å². The van der Waals surface area contributed by atoms with Gasteiger partial charge in [-0.1, -0.05) is 12.1 Å². The summed E-state index contributed by atoms with van der Waals surface area (Å²) in [7, 11) is 0. The molecule has 0 saturated carbocycles. The molecule has 0 bridgehead atoms. The second-order valence-electron chi connectivity index (χ2n) is 13.4. The Kier molecular flexibility index (Phi) is 18.4. The Morgan fingerprint density at radius 1 is 0.523 bits per heavy atom. The lowest BCUT2D eigenvalue weighted by atomic mass is 10.1. The molecule has 0 spiro atoms. The zero-order valence-electron chi connectivity index (χ0n) is 34.0. The number of hydrogen-bond donors (Lipinski definition) is 11. The average molecular weight is 917 g/mol. The number of amides is 4. The molecule has 1 aliphatic rings. The molecule has 25 nitrogen and oxygen atoms in total. The second kappa shape index (κ2) is 24.1. The lowest BCUT2D eigenvalue weighted by molar-refractivity contribution is -0.160. The number of aromatic hydroxyl groups is 6. The van der Waals surface area contributed by atoms with Crippen molar-refractivity contribution in [3.63, 3.8) is 0 Å². The molecule has 11 N–H and O–H groups in total. The number of rotatable bonds is 19. The fourth-order valence-corrected chi connectivity index (χ4v) is 5.40. The van der Waals surface area contributed by atoms with Crippen molar-refractivity contribution in [3.8, 4) is 34.5 Å². The Hall–Kier alpha value is -7.90. The van der Waals surface area contributed by atoms with E-state index in [1.54, 1.807) is 0 Å². The number of carbonyl (C=O) groups excluding carboxylic acids is 7. The van der Waals surface area contributed by atoms with E-state index < -0.39 is 137 Å². The molecule has 1 saturated heterocycles. The minimum atomic E-state index is -2.01. The molecule has 0 aromatic heterocycles. The van der Waals surface area contributed by atoms with Crippen molar-refractivity contribution in [2.24, 2.45) is 0 Å². The summed E-state index contributed by atoms with van der Waals surface area (Å²) in [5.74, 6) is -15.0. The number of phenolic OH excluding ortho intramolecular Hbond substituents is 6. The van der Waals surface area contributed by atoms with Gasteiger partial charge in [0.05, 0.1) is 62.8 Å². The third-order valence-electron chi connectivity index (χ3n) is 8.80. The highest BCUT2D eigenvalue weighted by molar-refractivity contribution is 6.04. The summed E-state index contributed by atoms with van der Waals surface area (Å²) in [4.78, 5) is 103. The lowest BCUT2D eigenvalue weighted by Crippen LogP contribution is -2.52. The molecule has 3 aromatic rings. The Morgan fingerprint density at radius 2 is 0.923 bits per heavy atom. The molecule has 1 fully saturated rings. The van der Waals surface area contributed by atoms with Crippen molar-refractivity contribution < 1.29 is 103 Å². The van der Waals surface area contributed by atoms with Crippen LogP contribution in [0.4, 0.5) is 0 Å². The van der Waals surface area contributed by atoms with Crippen molar-refractivity contribution in [2.45, 2.75) is 24.5 Å². The number of hydrogen-bond acceptors (Lipinski definition) is 20. The molecule has 65 heavy (non-hydrogen) atoms. The van der Waals surface area contributed by atoms with E-state index in [1.165, 1.54) is 12.1 Å². The topological polar surface area (TPSA) is 382 Å². The van der Waals surface area contributed by atoms with Gasteiger partial charge in [0, 0.05) is 12.1 Å². The van der Waals surface area contributed by atoms with E-state index in [4.69, 9.17) is 33.5 Å². The van der Waals surface area contributed by atoms with E-state index in [0.717, 1.165) is 36.4 Å². The van der Waals surface area contributed by atoms with Crippen molar-refractivity contribution in [3.05, 3.63) is 70.8 Å². The second-order valence-corrected chi connectivity index (χ2v) is 13.4. The average Bonchev–Trinajstić information content (AvgIpc) is 3.27. The van der Waals surface area contributed by atoms with Crippen LogP contribution in [-0.4, -0.2) is 167 Å². The van der Waals surface area contributed by atoms with Crippen LogP contribution in [0.15, 0.2) is 48.5 Å². The number of carbonyl (C=O) groups is 8. The van der Waals surface area contributed by atoms with Gasteiger partial charge >= 0.3 is 23.9 Å². The summed E-state index contributed by atoms with van der Waals surface area (Å²) in [6.45, 7) is -2.53. The molecule has 25 heteroatoms. The van der Waals surface area contributed by atoms with Gasteiger partial charge in [0.1, 0.15) is 19.8 Å². The van der Waals surface area contributed by atoms with E-state index in [2.05, 4.69) is 21.3 Å². The number of esters is 3. The third kappa shape index (κ3) is 14.6. The number of carboxylic acid groups (broad SMARTS) is 1. The van der Waals surface area contributed by atoms with Crippen LogP contribution >= 0.6 is 0 Å². The van der Waals surface area contributed by atoms with E-state index in [9.17, 15) is 69.0 Å². The molecular formula is C40H44N4O21. The number of para-hydroxylation sites is 2. The first-order chi connectivity index (χ1) is 31.0. The van der Waals surface area contributed by atoms with E-state index in [1.807, 2.05) is 0 Å². The first kappa shape index (κ1) is 49.8. The van der Waals surface area contributed by atoms with Crippen LogP contribution in [0.5, 0.6) is 34.5 Å². The normalized spacial score (nSPS) is 16.6. The summed E-state index contributed by atoms with van der Waals surface area (Å²) in [5.41, 5.74) is -2.19. The quantitative estimate of drug-likeness (QED) is 0.0282. The maximum atomic E-state index is 13.6. The van der Waals surface area contributed by atoms with E-state index >= 15 is 0 Å². The van der Waals surface area contributed by atoms with E-state index in [-0.39, 0.29) is 58.2 Å². The highest BCUT2D eigenvalue weighted by Gasteiger charge is 2.35. The number of ether oxygens (including phenoxy) is 6. The minimum absolute atomic E-state index is 0.00638. The van der Waals surface area contributed by atoms with Gasteiger partial charge in [-0.25, -0.2) is 14.4 Å². The third-order valence-corrected chi connectivity index (χ3v) is 8.80. The molecular weight excluding hydrogens is 872 g/mol. The molecule has 350 valence electrons. The maximum absolute atomic E-state index is 13.6. The molecule has 0 radical (unpaired) electrons. The Balaban J connectivity index is 1.47. The summed E-state index contributed by atoms with van der Waals surface area (Å²) >= 11 is 0. The molecule has 0 aliphatic carbocycles. The first-order valence-corrected chi connectivity index (χ1v) is 19.2. The molecule has 3 atom stereocenters. The van der Waals surface area contributed by atoms with Gasteiger partial charge in [0.25, 0.3) is 23.6 Å². The predicted molar refractivity (Wildman–Crippen MR) is 213 cm³/mol. The number of carboxylic acids is 1. The van der Waals surface area contributed by atoms with Gasteiger partial charge in [0.15, 0.2) is 52.6 Å². The fourth-order valence-electron chi connectivity index (χ4n) is 5.40. The van der Waals surface area contributed by atoms with Gasteiger partial charge in [0.2, 0.25) is 0 Å². The van der Waals surface area contributed by atoms with Crippen LogP contribution in [0.3, 0.4) is 0 Å². The number of nitrogens with one attached hydrogen (secondary N) is 4. The van der Waals surface area contributed by atoms with Gasteiger partial charge < -0.3 is 85.4 Å². The largest absolute Gasteiger partial charge is 0.504 e. The Bertz CT molecular complexity index is 2190. The Morgan fingerprint density at radius 3 is 1.37 bits per heavy atom. The van der Waals surface area contributed by atoms with Gasteiger partial charge in [-0.2, -0.15) is 0 Å². The monoisotopic (exact) mass is 916 g/mol. The van der Waals surface area contributed by atoms with Crippen LogP contribution in [0.1, 0.15) is 47.9 Å². The Labute approximate surface area is 366 Å². The van der Waals surface area contributed by atoms with Crippen LogP contribution in [0, 0.1) is 0 Å². The summed E-state index contributed by atoms with van der Waals surface area (Å²) in [5, 5.41) is 78.5. The molecule has 4 amide bonds. The lowest BCUT2D eigenvalue weighted by Gasteiger charge is -2.25. The van der Waals surface area contributed by atoms with Gasteiger partial charge in [-0.3, -0.25) is 24.0 Å². The predicted octanol–water partition coefficient (Wildman–Crippen LogP) is -1.49. The number of benzene rings is 3. The van der Waals surface area contributed by atoms with Gasteiger partial charge in [-0.15, -0.1) is 0 Å². The standard InChI is InChI=1S/C40H44N4O21/c45-27-5-1-3-21(31(27)50)35(54)42-24-17-63-38(57)25(43-36(55)22-4-2-6-28(46)32(22)51)18-64-40(59)26(19-65-39(24)58)44-37(56)23-15-20(16-29(47)33(23)52)34(53)41-8-10-61-12-14-62-13-11-60-9-7-30(48)49/h1-6,15-16,24-26,45-47,50-52H,7-14,17-19H2,(H,41,53)(H,42,54)(H,43,55)(H,44,56)(H,48,49)/t24-,25-,26-/m0/s1. The molecule has 1 aliphatic heterocycles. The van der Waals surface area contributed by atoms with Gasteiger partial charge in [-0.05, 0) is 36.4 Å². The molecule has 0 unspecified atom stereocenters. The van der Waals surface area contributed by atoms with Crippen LogP contribution in [-0.2, 0) is 47.6 Å². The summed E-state index contributed by atoms with van der Waals surface area (Å²) in [6.07, 6.45) is -0.140. The van der Waals surface area contributed by atoms with Crippen molar-refractivity contribution >= 4 is 47.5 Å². The van der Waals surface area contributed by atoms with Crippen LogP contribution in [0.25, 0.3) is 0 Å². The maximum Gasteiger partial charge on any atom is 0.332 e. The molecule has 3 aromatic carbocycles. The van der Waals surface area contributed by atoms with Crippen LogP contribution in [0.2, 0.25) is 0 Å². The number of cyclic esters (lactones) is 3. The number of phenols is 6. The fraction of sp³-hybridized carbons (Fsp3) is 0.350. The zero-order chi connectivity index (χ0) is 47.6. The summed E-state index contributed by atoms with van der Waals surface area (Å²) < 4.78 is 31.2. The molecule has 1 heterocycles. The minimum Gasteiger partial charge on any atom is -0.504 e. The van der Waals surface area contributed by atoms with Crippen molar-refractivity contribution in [1.82, 2.24) is 21.3 Å². The highest BCUT2D eigenvalue weighted by Crippen LogP contribution is 2.31. The van der Waals surface area contributed by atoms with Crippen molar-refractivity contribution in [2.75, 3.05) is 66.0 Å². The SMILES string of the molecule is O=C(O)CCOCCOCCOCCNC(=O)c1cc(O)c(O)c(C(=O)N[C@H]2COC(=O)[C@@H](NC(=O)c3cccc(O)c3O)COC(=O)[C@@H](NC(=O)c3cccc(O)c3O)COC2=O)c1. The van der Waals surface area contributed by atoms with Crippen LogP contribution < -0.4 is 21.3 Å². The van der Waals surface area contributed by atoms with Crippen molar-refractivity contribution in [1.29, 1.82) is 0 Å². The smallest absolute Gasteiger partial charge is 0.332 e. The number of aliphatic carboxylic acids is 1. The molecule has 4 rings (SSSR count). The highest BCUT2D eigenvalue weighted by atomic mass is 16.6. The summed E-state index contributed by atoms with van der Waals surface area (Å²) in [6, 6.07) is 2.42.